The minimum Gasteiger partial charge on any atom is -0.497 e. The van der Waals surface area contributed by atoms with E-state index >= 15 is 0 Å². The quantitative estimate of drug-likeness (QED) is 0.211. The summed E-state index contributed by atoms with van der Waals surface area (Å²) >= 11 is 0. The molecule has 0 spiro atoms. The number of methoxy groups -OCH3 is 3. The lowest BCUT2D eigenvalue weighted by molar-refractivity contribution is 0.0905. The van der Waals surface area contributed by atoms with Crippen LogP contribution in [0.4, 0.5) is 5.69 Å². The third kappa shape index (κ3) is 5.94. The van der Waals surface area contributed by atoms with Gasteiger partial charge in [0, 0.05) is 5.56 Å². The van der Waals surface area contributed by atoms with Gasteiger partial charge in [-0.2, -0.15) is 0 Å². The Labute approximate surface area is 196 Å². The van der Waals surface area contributed by atoms with Gasteiger partial charge in [0.05, 0.1) is 21.3 Å². The molecule has 1 atom stereocenters. The lowest BCUT2D eigenvalue weighted by Crippen LogP contribution is -2.42. The van der Waals surface area contributed by atoms with E-state index in [1.165, 1.54) is 0 Å². The maximum atomic E-state index is 14.0. The summed E-state index contributed by atoms with van der Waals surface area (Å²) < 4.78 is 22.8. The third-order valence-corrected chi connectivity index (χ3v) is 5.73. The number of carbonyl (C=O) groups is 1. The number of anilines is 1. The minimum absolute atomic E-state index is 0.105. The van der Waals surface area contributed by atoms with Gasteiger partial charge in [0.1, 0.15) is 29.0 Å². The van der Waals surface area contributed by atoms with Gasteiger partial charge in [0.15, 0.2) is 5.78 Å². The van der Waals surface area contributed by atoms with E-state index in [4.69, 9.17) is 18.7 Å². The number of benzene rings is 3. The summed E-state index contributed by atoms with van der Waals surface area (Å²) in [5.41, 5.74) is 2.02. The van der Waals surface area contributed by atoms with E-state index < -0.39 is 14.4 Å². The van der Waals surface area contributed by atoms with Gasteiger partial charge in [-0.15, -0.1) is 0 Å². The zero-order valence-corrected chi connectivity index (χ0v) is 21.0. The predicted octanol–water partition coefficient (Wildman–Crippen LogP) is 5.91. The van der Waals surface area contributed by atoms with Crippen molar-refractivity contribution < 1.29 is 23.5 Å². The summed E-state index contributed by atoms with van der Waals surface area (Å²) in [7, 11) is 2.68. The van der Waals surface area contributed by atoms with Crippen molar-refractivity contribution in [1.29, 1.82) is 0 Å². The SMILES string of the molecule is COc1ccc(C(=O)[C@@H](c2ccc(OC)cc2)N(O[Si](C)(C)C)c2ccccc2OC)cc1. The van der Waals surface area contributed by atoms with Crippen LogP contribution in [-0.4, -0.2) is 35.4 Å². The summed E-state index contributed by atoms with van der Waals surface area (Å²) in [5.74, 6) is 1.92. The minimum atomic E-state index is -2.14. The van der Waals surface area contributed by atoms with Crippen LogP contribution in [0.3, 0.4) is 0 Å². The Bertz CT molecular complexity index is 1060. The van der Waals surface area contributed by atoms with Crippen LogP contribution in [0.2, 0.25) is 19.6 Å². The van der Waals surface area contributed by atoms with Gasteiger partial charge >= 0.3 is 0 Å². The Morgan fingerprint density at radius 2 is 1.30 bits per heavy atom. The molecule has 0 bridgehead atoms. The molecule has 0 fully saturated rings. The summed E-state index contributed by atoms with van der Waals surface area (Å²) in [5, 5.41) is 1.71. The first-order valence-electron chi connectivity index (χ1n) is 10.7. The molecule has 0 aliphatic rings. The highest BCUT2D eigenvalue weighted by Crippen LogP contribution is 2.38. The van der Waals surface area contributed by atoms with Crippen LogP contribution in [0.25, 0.3) is 0 Å². The van der Waals surface area contributed by atoms with Gasteiger partial charge in [0.2, 0.25) is 8.32 Å². The van der Waals surface area contributed by atoms with Crippen molar-refractivity contribution in [2.75, 3.05) is 26.4 Å². The smallest absolute Gasteiger partial charge is 0.220 e. The van der Waals surface area contributed by atoms with E-state index in [1.807, 2.05) is 48.5 Å². The van der Waals surface area contributed by atoms with Crippen LogP contribution in [-0.2, 0) is 4.53 Å². The molecule has 0 saturated heterocycles. The molecule has 0 unspecified atom stereocenters. The molecule has 0 radical (unpaired) electrons. The summed E-state index contributed by atoms with van der Waals surface area (Å²) in [6, 6.07) is 21.4. The van der Waals surface area contributed by atoms with E-state index in [2.05, 4.69) is 19.6 Å². The number of nitrogens with zero attached hydrogens (tertiary/aromatic N) is 1. The van der Waals surface area contributed by atoms with Gasteiger partial charge in [-0.05, 0) is 73.7 Å². The molecule has 3 aromatic carbocycles. The molecule has 0 amide bonds. The Kier molecular flexibility index (Phi) is 7.78. The standard InChI is InChI=1S/C26H31NO5Si/c1-29-21-15-11-19(12-16-21)25(26(28)20-13-17-22(30-2)18-14-20)27(32-33(4,5)6)23-9-7-8-10-24(23)31-3/h7-18,25H,1-6H3/t25-/m1/s1. The third-order valence-electron chi connectivity index (χ3n) is 4.98. The Morgan fingerprint density at radius 1 is 0.758 bits per heavy atom. The van der Waals surface area contributed by atoms with Crippen LogP contribution in [0.5, 0.6) is 17.2 Å². The van der Waals surface area contributed by atoms with Crippen LogP contribution >= 0.6 is 0 Å². The van der Waals surface area contributed by atoms with Gasteiger partial charge in [-0.25, -0.2) is 5.06 Å². The van der Waals surface area contributed by atoms with Gasteiger partial charge in [-0.3, -0.25) is 4.79 Å². The highest BCUT2D eigenvalue weighted by atomic mass is 28.4. The summed E-state index contributed by atoms with van der Waals surface area (Å²) in [6.07, 6.45) is 0. The number of Topliss-reactive ketones (excluding diaryl/α,β-unsaturated/α-hetero) is 1. The first kappa shape index (κ1) is 24.4. The molecule has 0 heterocycles. The van der Waals surface area contributed by atoms with Gasteiger partial charge < -0.3 is 18.7 Å². The lowest BCUT2D eigenvalue weighted by Gasteiger charge is -2.37. The molecular formula is C26H31NO5Si. The van der Waals surface area contributed by atoms with Gasteiger partial charge in [0.25, 0.3) is 0 Å². The Hall–Kier alpha value is -3.29. The molecule has 174 valence electrons. The zero-order valence-electron chi connectivity index (χ0n) is 20.0. The van der Waals surface area contributed by atoms with Crippen LogP contribution < -0.4 is 19.3 Å². The van der Waals surface area contributed by atoms with Crippen molar-refractivity contribution >= 4 is 19.8 Å². The number of hydroxylamine groups is 1. The molecule has 0 aromatic heterocycles. The van der Waals surface area contributed by atoms with Gasteiger partial charge in [-0.1, -0.05) is 24.3 Å². The van der Waals surface area contributed by atoms with E-state index in [0.29, 0.717) is 28.5 Å². The van der Waals surface area contributed by atoms with Crippen molar-refractivity contribution in [2.24, 2.45) is 0 Å². The Morgan fingerprint density at radius 3 is 1.82 bits per heavy atom. The molecule has 3 rings (SSSR count). The summed E-state index contributed by atoms with van der Waals surface area (Å²) in [6.45, 7) is 6.25. The second-order valence-electron chi connectivity index (χ2n) is 8.47. The fourth-order valence-electron chi connectivity index (χ4n) is 3.44. The van der Waals surface area contributed by atoms with E-state index in [-0.39, 0.29) is 5.78 Å². The van der Waals surface area contributed by atoms with Crippen molar-refractivity contribution in [1.82, 2.24) is 0 Å². The van der Waals surface area contributed by atoms with Crippen molar-refractivity contribution in [3.63, 3.8) is 0 Å². The first-order chi connectivity index (χ1) is 15.8. The number of para-hydroxylation sites is 2. The normalized spacial score (nSPS) is 12.1. The highest BCUT2D eigenvalue weighted by Gasteiger charge is 2.35. The lowest BCUT2D eigenvalue weighted by atomic mass is 9.96. The number of ether oxygens (including phenoxy) is 3. The second kappa shape index (κ2) is 10.5. The fourth-order valence-corrected chi connectivity index (χ4v) is 4.23. The van der Waals surface area contributed by atoms with Crippen molar-refractivity contribution in [2.45, 2.75) is 25.7 Å². The molecule has 3 aromatic rings. The molecule has 33 heavy (non-hydrogen) atoms. The maximum Gasteiger partial charge on any atom is 0.220 e. The molecule has 0 saturated carbocycles. The zero-order chi connectivity index (χ0) is 24.0. The molecular weight excluding hydrogens is 434 g/mol. The molecule has 0 aliphatic carbocycles. The number of carbonyl (C=O) groups excluding carboxylic acids is 1. The van der Waals surface area contributed by atoms with Crippen LogP contribution in [0, 0.1) is 0 Å². The molecule has 7 heteroatoms. The first-order valence-corrected chi connectivity index (χ1v) is 14.1. The largest absolute Gasteiger partial charge is 0.497 e. The maximum absolute atomic E-state index is 14.0. The van der Waals surface area contributed by atoms with Crippen molar-refractivity contribution in [3.05, 3.63) is 83.9 Å². The van der Waals surface area contributed by atoms with Crippen LogP contribution in [0.1, 0.15) is 22.0 Å². The van der Waals surface area contributed by atoms with E-state index in [9.17, 15) is 4.79 Å². The topological polar surface area (TPSA) is 57.2 Å². The van der Waals surface area contributed by atoms with Crippen LogP contribution in [0.15, 0.2) is 72.8 Å². The van der Waals surface area contributed by atoms with E-state index in [1.54, 1.807) is 50.7 Å². The fraction of sp³-hybridized carbons (Fsp3) is 0.269. The highest BCUT2D eigenvalue weighted by molar-refractivity contribution is 6.69. The Balaban J connectivity index is 2.18. The molecule has 6 nitrogen and oxygen atoms in total. The second-order valence-corrected chi connectivity index (χ2v) is 12.9. The number of hydrogen-bond donors (Lipinski definition) is 0. The average molecular weight is 466 g/mol. The average Bonchev–Trinajstić information content (AvgIpc) is 2.83. The summed E-state index contributed by atoms with van der Waals surface area (Å²) in [4.78, 5) is 14.0. The number of hydrogen-bond acceptors (Lipinski definition) is 6. The number of ketones is 1. The van der Waals surface area contributed by atoms with E-state index in [0.717, 1.165) is 5.56 Å². The molecule has 0 N–H and O–H groups in total. The predicted molar refractivity (Wildman–Crippen MR) is 133 cm³/mol. The molecule has 0 aliphatic heterocycles. The van der Waals surface area contributed by atoms with Crippen molar-refractivity contribution in [3.8, 4) is 17.2 Å². The number of rotatable bonds is 10. The monoisotopic (exact) mass is 465 g/mol.